The molecule has 1 unspecified atom stereocenters. The Labute approximate surface area is 162 Å². The van der Waals surface area contributed by atoms with Crippen molar-refractivity contribution in [2.24, 2.45) is 0 Å². The number of alkyl halides is 2. The molecule has 148 valence electrons. The third-order valence-electron chi connectivity index (χ3n) is 4.75. The maximum absolute atomic E-state index is 13.1. The molecule has 1 aromatic heterocycles. The third-order valence-corrected chi connectivity index (χ3v) is 4.75. The zero-order chi connectivity index (χ0) is 18.6. The summed E-state index contributed by atoms with van der Waals surface area (Å²) >= 11 is 0. The van der Waals surface area contributed by atoms with E-state index in [1.165, 1.54) is 6.07 Å². The molecule has 2 N–H and O–H groups in total. The quantitative estimate of drug-likeness (QED) is 0.782. The van der Waals surface area contributed by atoms with Crippen LogP contribution in [0.15, 0.2) is 42.7 Å². The molecule has 1 aromatic carbocycles. The van der Waals surface area contributed by atoms with Crippen LogP contribution in [0.25, 0.3) is 0 Å². The van der Waals surface area contributed by atoms with E-state index in [9.17, 15) is 13.6 Å². The number of para-hydroxylation sites is 1. The zero-order valence-electron chi connectivity index (χ0n) is 14.9. The van der Waals surface area contributed by atoms with Crippen LogP contribution in [0, 0.1) is 0 Å². The molecular weight excluding hydrogens is 378 g/mol. The number of hydrogen-bond donors (Lipinski definition) is 2. The first kappa shape index (κ1) is 21.1. The highest BCUT2D eigenvalue weighted by atomic mass is 35.5. The number of benzene rings is 1. The van der Waals surface area contributed by atoms with E-state index < -0.39 is 18.2 Å². The van der Waals surface area contributed by atoms with Gasteiger partial charge in [-0.05, 0) is 45.0 Å². The van der Waals surface area contributed by atoms with Gasteiger partial charge < -0.3 is 15.4 Å². The topological polar surface area (TPSA) is 68.2 Å². The van der Waals surface area contributed by atoms with Gasteiger partial charge in [0.05, 0.1) is 6.04 Å². The minimum absolute atomic E-state index is 0. The molecule has 1 atom stereocenters. The van der Waals surface area contributed by atoms with Gasteiger partial charge in [-0.2, -0.15) is 13.9 Å². The second kappa shape index (κ2) is 9.14. The average Bonchev–Trinajstić information content (AvgIpc) is 3.17. The lowest BCUT2D eigenvalue weighted by Crippen LogP contribution is -2.55. The molecule has 1 amide bonds. The molecule has 0 bridgehead atoms. The lowest BCUT2D eigenvalue weighted by atomic mass is 9.87. The average molecular weight is 401 g/mol. The van der Waals surface area contributed by atoms with Crippen LogP contribution in [-0.2, 0) is 10.3 Å². The van der Waals surface area contributed by atoms with E-state index in [0.717, 1.165) is 0 Å². The number of amides is 1. The lowest BCUT2D eigenvalue weighted by Gasteiger charge is -2.37. The number of piperidine rings is 1. The number of hydrogen-bond acceptors (Lipinski definition) is 4. The fraction of sp³-hybridized carbons (Fsp3) is 0.444. The van der Waals surface area contributed by atoms with Crippen LogP contribution in [0.2, 0.25) is 0 Å². The molecule has 3 rings (SSSR count). The summed E-state index contributed by atoms with van der Waals surface area (Å²) in [6.45, 7) is 0.238. The van der Waals surface area contributed by atoms with Gasteiger partial charge in [-0.15, -0.1) is 12.4 Å². The molecular formula is C18H23ClF2N4O2. The predicted octanol–water partition coefficient (Wildman–Crippen LogP) is 2.86. The number of rotatable bonds is 6. The maximum Gasteiger partial charge on any atom is 0.387 e. The van der Waals surface area contributed by atoms with Gasteiger partial charge in [0.2, 0.25) is 5.91 Å². The van der Waals surface area contributed by atoms with Crippen LogP contribution in [0.4, 0.5) is 8.78 Å². The Bertz CT molecular complexity index is 737. The van der Waals surface area contributed by atoms with Crippen LogP contribution < -0.4 is 15.4 Å². The fourth-order valence-electron chi connectivity index (χ4n) is 3.37. The van der Waals surface area contributed by atoms with Gasteiger partial charge in [0, 0.05) is 18.0 Å². The van der Waals surface area contributed by atoms with Gasteiger partial charge in [0.25, 0.3) is 0 Å². The van der Waals surface area contributed by atoms with E-state index in [1.54, 1.807) is 48.3 Å². The first-order chi connectivity index (χ1) is 12.5. The molecule has 1 aliphatic heterocycles. The Balaban J connectivity index is 0.00000261. The summed E-state index contributed by atoms with van der Waals surface area (Å²) in [6.07, 6.45) is 4.63. The Morgan fingerprint density at radius 1 is 1.30 bits per heavy atom. The third kappa shape index (κ3) is 4.56. The summed E-state index contributed by atoms with van der Waals surface area (Å²) in [5.74, 6) is -0.115. The smallest absolute Gasteiger partial charge is 0.387 e. The SMILES string of the molecule is CC(NC(=O)C1(n2cccn2)CCNCC1)c1ccccc1OC(F)F.Cl. The Morgan fingerprint density at radius 2 is 2.00 bits per heavy atom. The minimum atomic E-state index is -2.92. The van der Waals surface area contributed by atoms with E-state index >= 15 is 0 Å². The van der Waals surface area contributed by atoms with Crippen molar-refractivity contribution in [3.05, 3.63) is 48.3 Å². The largest absolute Gasteiger partial charge is 0.434 e. The molecule has 27 heavy (non-hydrogen) atoms. The fourth-order valence-corrected chi connectivity index (χ4v) is 3.37. The molecule has 9 heteroatoms. The van der Waals surface area contributed by atoms with Gasteiger partial charge in [-0.1, -0.05) is 18.2 Å². The highest BCUT2D eigenvalue weighted by Crippen LogP contribution is 2.30. The van der Waals surface area contributed by atoms with Crippen LogP contribution in [0.5, 0.6) is 5.75 Å². The van der Waals surface area contributed by atoms with Crippen LogP contribution in [0.3, 0.4) is 0 Å². The lowest BCUT2D eigenvalue weighted by molar-refractivity contribution is -0.132. The number of ether oxygens (including phenoxy) is 1. The summed E-state index contributed by atoms with van der Waals surface area (Å²) in [4.78, 5) is 13.1. The summed E-state index contributed by atoms with van der Waals surface area (Å²) < 4.78 is 31.5. The normalized spacial score (nSPS) is 17.0. The summed E-state index contributed by atoms with van der Waals surface area (Å²) in [6, 6.07) is 7.79. The molecule has 2 aromatic rings. The molecule has 1 saturated heterocycles. The van der Waals surface area contributed by atoms with Gasteiger partial charge in [0.15, 0.2) is 0 Å². The summed E-state index contributed by atoms with van der Waals surface area (Å²) in [5, 5.41) is 10.5. The summed E-state index contributed by atoms with van der Waals surface area (Å²) in [7, 11) is 0. The molecule has 0 saturated carbocycles. The second-order valence-corrected chi connectivity index (χ2v) is 6.34. The van der Waals surface area contributed by atoms with Gasteiger partial charge in [-0.25, -0.2) is 0 Å². The number of nitrogens with zero attached hydrogens (tertiary/aromatic N) is 2. The second-order valence-electron chi connectivity index (χ2n) is 6.34. The standard InChI is InChI=1S/C18H22F2N4O2.ClH/c1-13(14-5-2-3-6-15(14)26-17(19)20)23-16(25)18(7-10-21-11-8-18)24-12-4-9-22-24;/h2-6,9,12-13,17,21H,7-8,10-11H2,1H3,(H,23,25);1H. The highest BCUT2D eigenvalue weighted by Gasteiger charge is 2.42. The summed E-state index contributed by atoms with van der Waals surface area (Å²) in [5.41, 5.74) is -0.285. The van der Waals surface area contributed by atoms with Crippen molar-refractivity contribution < 1.29 is 18.3 Å². The van der Waals surface area contributed by atoms with Gasteiger partial charge >= 0.3 is 6.61 Å². The van der Waals surface area contributed by atoms with Crippen molar-refractivity contribution in [3.8, 4) is 5.75 Å². The Hall–Kier alpha value is -2.19. The van der Waals surface area contributed by atoms with Gasteiger partial charge in [0.1, 0.15) is 11.3 Å². The van der Waals surface area contributed by atoms with Crippen LogP contribution >= 0.6 is 12.4 Å². The number of halogens is 3. The van der Waals surface area contributed by atoms with Crippen molar-refractivity contribution >= 4 is 18.3 Å². The maximum atomic E-state index is 13.1. The van der Waals surface area contributed by atoms with Gasteiger partial charge in [-0.3, -0.25) is 9.48 Å². The van der Waals surface area contributed by atoms with Crippen molar-refractivity contribution in [1.82, 2.24) is 20.4 Å². The highest BCUT2D eigenvalue weighted by molar-refractivity contribution is 5.85. The van der Waals surface area contributed by atoms with Crippen molar-refractivity contribution in [2.45, 2.75) is 38.0 Å². The van der Waals surface area contributed by atoms with E-state index in [0.29, 0.717) is 31.5 Å². The van der Waals surface area contributed by atoms with E-state index in [1.807, 2.05) is 0 Å². The first-order valence-electron chi connectivity index (χ1n) is 8.58. The van der Waals surface area contributed by atoms with E-state index in [2.05, 4.69) is 20.5 Å². The van der Waals surface area contributed by atoms with E-state index in [4.69, 9.17) is 0 Å². The zero-order valence-corrected chi connectivity index (χ0v) is 15.7. The molecule has 0 spiro atoms. The van der Waals surface area contributed by atoms with Crippen LogP contribution in [0.1, 0.15) is 31.4 Å². The van der Waals surface area contributed by atoms with E-state index in [-0.39, 0.29) is 24.1 Å². The molecule has 2 heterocycles. The monoisotopic (exact) mass is 400 g/mol. The molecule has 1 fully saturated rings. The van der Waals surface area contributed by atoms with Crippen LogP contribution in [-0.4, -0.2) is 35.4 Å². The Morgan fingerprint density at radius 3 is 2.63 bits per heavy atom. The number of carbonyl (C=O) groups is 1. The predicted molar refractivity (Wildman–Crippen MR) is 99.2 cm³/mol. The minimum Gasteiger partial charge on any atom is -0.434 e. The Kier molecular flexibility index (Phi) is 7.15. The number of nitrogens with one attached hydrogen (secondary N) is 2. The molecule has 1 aliphatic rings. The van der Waals surface area contributed by atoms with Crippen molar-refractivity contribution in [2.75, 3.05) is 13.1 Å². The number of aromatic nitrogens is 2. The molecule has 6 nitrogen and oxygen atoms in total. The van der Waals surface area contributed by atoms with Crippen molar-refractivity contribution in [1.29, 1.82) is 0 Å². The molecule has 0 aliphatic carbocycles. The van der Waals surface area contributed by atoms with Crippen molar-refractivity contribution in [3.63, 3.8) is 0 Å². The molecule has 0 radical (unpaired) electrons. The number of carbonyl (C=O) groups excluding carboxylic acids is 1. The first-order valence-corrected chi connectivity index (χ1v) is 8.58.